The van der Waals surface area contributed by atoms with Gasteiger partial charge in [-0.25, -0.2) is 0 Å². The molecule has 1 aromatic heterocycles. The van der Waals surface area contributed by atoms with Gasteiger partial charge in [0.1, 0.15) is 0 Å². The lowest BCUT2D eigenvalue weighted by Gasteiger charge is -2.06. The van der Waals surface area contributed by atoms with E-state index in [2.05, 4.69) is 10.3 Å². The van der Waals surface area contributed by atoms with E-state index in [-0.39, 0.29) is 5.91 Å². The summed E-state index contributed by atoms with van der Waals surface area (Å²) in [4.78, 5) is 16.0. The number of aryl methyl sites for hydroxylation is 2. The normalized spacial score (nSPS) is 10.2. The molecular weight excluding hydrogens is 260 g/mol. The summed E-state index contributed by atoms with van der Waals surface area (Å²) in [5, 5.41) is 3.48. The maximum atomic E-state index is 11.8. The number of pyridine rings is 1. The highest BCUT2D eigenvalue weighted by atomic mass is 35.5. The Hall–Kier alpha value is -1.87. The molecule has 0 radical (unpaired) electrons. The second kappa shape index (κ2) is 6.34. The van der Waals surface area contributed by atoms with Gasteiger partial charge in [-0.2, -0.15) is 0 Å². The number of nitrogens with zero attached hydrogens (tertiary/aromatic N) is 1. The Balaban J connectivity index is 1.89. The van der Waals surface area contributed by atoms with Crippen LogP contribution in [0, 0.1) is 6.92 Å². The Morgan fingerprint density at radius 2 is 2.16 bits per heavy atom. The molecule has 0 spiro atoms. The van der Waals surface area contributed by atoms with Crippen molar-refractivity contribution in [2.24, 2.45) is 0 Å². The van der Waals surface area contributed by atoms with Crippen molar-refractivity contribution in [1.82, 2.24) is 4.98 Å². The second-order valence-electron chi connectivity index (χ2n) is 4.33. The lowest BCUT2D eigenvalue weighted by Crippen LogP contribution is -2.12. The van der Waals surface area contributed by atoms with Crippen molar-refractivity contribution in [3.8, 4) is 0 Å². The molecule has 0 bridgehead atoms. The summed E-state index contributed by atoms with van der Waals surface area (Å²) in [5.74, 6) is -0.0365. The van der Waals surface area contributed by atoms with E-state index < -0.39 is 0 Å². The molecule has 0 atom stereocenters. The molecule has 2 rings (SSSR count). The van der Waals surface area contributed by atoms with E-state index in [1.807, 2.05) is 37.3 Å². The molecule has 3 nitrogen and oxygen atoms in total. The fourth-order valence-corrected chi connectivity index (χ4v) is 1.86. The zero-order valence-electron chi connectivity index (χ0n) is 10.7. The standard InChI is InChI=1S/C15H15ClN2O/c1-11-5-6-13(10-14(11)16)18-15(19)8-7-12-4-2-3-9-17-12/h2-6,9-10H,7-8H2,1H3,(H,18,19). The molecule has 19 heavy (non-hydrogen) atoms. The van der Waals surface area contributed by atoms with Crippen molar-refractivity contribution in [2.75, 3.05) is 5.32 Å². The van der Waals surface area contributed by atoms with Crippen molar-refractivity contribution in [3.05, 3.63) is 58.9 Å². The van der Waals surface area contributed by atoms with Gasteiger partial charge in [0.25, 0.3) is 0 Å². The minimum Gasteiger partial charge on any atom is -0.326 e. The van der Waals surface area contributed by atoms with Gasteiger partial charge in [-0.1, -0.05) is 23.7 Å². The second-order valence-corrected chi connectivity index (χ2v) is 4.74. The molecule has 2 aromatic rings. The number of hydrogen-bond acceptors (Lipinski definition) is 2. The van der Waals surface area contributed by atoms with Gasteiger partial charge in [0.05, 0.1) is 0 Å². The summed E-state index contributed by atoms with van der Waals surface area (Å²) < 4.78 is 0. The van der Waals surface area contributed by atoms with Gasteiger partial charge in [0, 0.05) is 29.0 Å². The third-order valence-corrected chi connectivity index (χ3v) is 3.20. The van der Waals surface area contributed by atoms with E-state index in [0.29, 0.717) is 17.9 Å². The first-order valence-corrected chi connectivity index (χ1v) is 6.49. The monoisotopic (exact) mass is 274 g/mol. The SMILES string of the molecule is Cc1ccc(NC(=O)CCc2ccccn2)cc1Cl. The first-order chi connectivity index (χ1) is 9.15. The number of halogens is 1. The van der Waals surface area contributed by atoms with Gasteiger partial charge in [-0.3, -0.25) is 9.78 Å². The third-order valence-electron chi connectivity index (χ3n) is 2.79. The summed E-state index contributed by atoms with van der Waals surface area (Å²) >= 11 is 6.01. The van der Waals surface area contributed by atoms with Crippen molar-refractivity contribution in [1.29, 1.82) is 0 Å². The highest BCUT2D eigenvalue weighted by molar-refractivity contribution is 6.31. The molecule has 0 unspecified atom stereocenters. The van der Waals surface area contributed by atoms with E-state index in [9.17, 15) is 4.79 Å². The average Bonchev–Trinajstić information content (AvgIpc) is 2.42. The molecule has 1 aromatic carbocycles. The maximum Gasteiger partial charge on any atom is 0.224 e. The molecule has 0 fully saturated rings. The summed E-state index contributed by atoms with van der Waals surface area (Å²) in [7, 11) is 0. The van der Waals surface area contributed by atoms with Crippen molar-refractivity contribution >= 4 is 23.2 Å². The van der Waals surface area contributed by atoms with Gasteiger partial charge in [0.2, 0.25) is 5.91 Å². The molecule has 0 saturated heterocycles. The van der Waals surface area contributed by atoms with Crippen LogP contribution in [0.5, 0.6) is 0 Å². The molecule has 98 valence electrons. The minimum atomic E-state index is -0.0365. The third kappa shape index (κ3) is 4.07. The number of amides is 1. The zero-order chi connectivity index (χ0) is 13.7. The molecule has 0 aliphatic rings. The minimum absolute atomic E-state index is 0.0365. The van der Waals surface area contributed by atoms with Crippen molar-refractivity contribution in [3.63, 3.8) is 0 Å². The molecule has 1 amide bonds. The van der Waals surface area contributed by atoms with Crippen LogP contribution in [0.1, 0.15) is 17.7 Å². The number of nitrogens with one attached hydrogen (secondary N) is 1. The van der Waals surface area contributed by atoms with E-state index in [0.717, 1.165) is 16.9 Å². The van der Waals surface area contributed by atoms with E-state index in [1.54, 1.807) is 12.3 Å². The van der Waals surface area contributed by atoms with Gasteiger partial charge >= 0.3 is 0 Å². The zero-order valence-corrected chi connectivity index (χ0v) is 11.4. The van der Waals surface area contributed by atoms with Gasteiger partial charge in [0.15, 0.2) is 0 Å². The topological polar surface area (TPSA) is 42.0 Å². The van der Waals surface area contributed by atoms with Crippen molar-refractivity contribution in [2.45, 2.75) is 19.8 Å². The predicted molar refractivity (Wildman–Crippen MR) is 77.4 cm³/mol. The molecule has 4 heteroatoms. The van der Waals surface area contributed by atoms with Crippen LogP contribution in [0.2, 0.25) is 5.02 Å². The van der Waals surface area contributed by atoms with E-state index in [4.69, 9.17) is 11.6 Å². The van der Waals surface area contributed by atoms with Crippen LogP contribution >= 0.6 is 11.6 Å². The van der Waals surface area contributed by atoms with Crippen molar-refractivity contribution < 1.29 is 4.79 Å². The lowest BCUT2D eigenvalue weighted by atomic mass is 10.2. The Morgan fingerprint density at radius 1 is 1.32 bits per heavy atom. The molecule has 0 aliphatic heterocycles. The fraction of sp³-hybridized carbons (Fsp3) is 0.200. The summed E-state index contributed by atoms with van der Waals surface area (Å²) in [6.07, 6.45) is 2.77. The number of benzene rings is 1. The first kappa shape index (κ1) is 13.6. The number of anilines is 1. The Morgan fingerprint density at radius 3 is 2.84 bits per heavy atom. The highest BCUT2D eigenvalue weighted by Crippen LogP contribution is 2.20. The van der Waals surface area contributed by atoms with Crippen LogP contribution in [-0.4, -0.2) is 10.9 Å². The predicted octanol–water partition coefficient (Wildman–Crippen LogP) is 3.61. The van der Waals surface area contributed by atoms with Crippen LogP contribution in [0.4, 0.5) is 5.69 Å². The summed E-state index contributed by atoms with van der Waals surface area (Å²) in [5.41, 5.74) is 2.63. The van der Waals surface area contributed by atoms with Gasteiger partial charge in [-0.15, -0.1) is 0 Å². The highest BCUT2D eigenvalue weighted by Gasteiger charge is 2.05. The number of carbonyl (C=O) groups excluding carboxylic acids is 1. The van der Waals surface area contributed by atoms with Crippen LogP contribution < -0.4 is 5.32 Å². The molecular formula is C15H15ClN2O. The van der Waals surface area contributed by atoms with Crippen LogP contribution in [0.3, 0.4) is 0 Å². The van der Waals surface area contributed by atoms with Gasteiger partial charge in [-0.05, 0) is 43.2 Å². The molecule has 1 heterocycles. The van der Waals surface area contributed by atoms with Gasteiger partial charge < -0.3 is 5.32 Å². The quantitative estimate of drug-likeness (QED) is 0.925. The first-order valence-electron chi connectivity index (χ1n) is 6.11. The lowest BCUT2D eigenvalue weighted by molar-refractivity contribution is -0.116. The largest absolute Gasteiger partial charge is 0.326 e. The van der Waals surface area contributed by atoms with Crippen LogP contribution in [0.25, 0.3) is 0 Å². The Bertz CT molecular complexity index is 570. The number of carbonyl (C=O) groups is 1. The molecule has 1 N–H and O–H groups in total. The Labute approximate surface area is 117 Å². The molecule has 0 aliphatic carbocycles. The van der Waals surface area contributed by atoms with E-state index in [1.165, 1.54) is 0 Å². The fourth-order valence-electron chi connectivity index (χ4n) is 1.68. The average molecular weight is 275 g/mol. The number of hydrogen-bond donors (Lipinski definition) is 1. The Kier molecular flexibility index (Phi) is 4.53. The summed E-state index contributed by atoms with van der Waals surface area (Å²) in [6, 6.07) is 11.2. The smallest absolute Gasteiger partial charge is 0.224 e. The molecule has 0 saturated carbocycles. The number of aromatic nitrogens is 1. The summed E-state index contributed by atoms with van der Waals surface area (Å²) in [6.45, 7) is 1.93. The maximum absolute atomic E-state index is 11.8. The van der Waals surface area contributed by atoms with E-state index >= 15 is 0 Å². The van der Waals surface area contributed by atoms with Crippen LogP contribution in [-0.2, 0) is 11.2 Å². The van der Waals surface area contributed by atoms with Crippen LogP contribution in [0.15, 0.2) is 42.6 Å². The number of rotatable bonds is 4.